The van der Waals surface area contributed by atoms with Crippen LogP contribution in [0, 0.1) is 11.3 Å². The molecule has 0 aliphatic heterocycles. The summed E-state index contributed by atoms with van der Waals surface area (Å²) in [6.45, 7) is 0.218. The number of ether oxygens (including phenoxy) is 1. The number of rotatable bonds is 4. The summed E-state index contributed by atoms with van der Waals surface area (Å²) in [6, 6.07) is 11.2. The average Bonchev–Trinajstić information content (AvgIpc) is 2.73. The van der Waals surface area contributed by atoms with Gasteiger partial charge in [-0.2, -0.15) is 5.26 Å². The predicted octanol–water partition coefficient (Wildman–Crippen LogP) is 1.27. The third-order valence-electron chi connectivity index (χ3n) is 2.64. The van der Waals surface area contributed by atoms with Crippen LogP contribution in [0.5, 0.6) is 5.88 Å². The smallest absolute Gasteiger partial charge is 0.252 e. The molecule has 1 aromatic carbocycles. The second kappa shape index (κ2) is 5.35. The van der Waals surface area contributed by atoms with Gasteiger partial charge < -0.3 is 4.74 Å². The molecule has 0 radical (unpaired) electrons. The Kier molecular flexibility index (Phi) is 3.77. The minimum absolute atomic E-state index is 0.0271. The molecule has 2 rings (SSSR count). The van der Waals surface area contributed by atoms with Crippen molar-refractivity contribution in [3.63, 3.8) is 0 Å². The van der Waals surface area contributed by atoms with Crippen molar-refractivity contribution in [1.29, 1.82) is 5.26 Å². The van der Waals surface area contributed by atoms with E-state index in [-0.39, 0.29) is 23.1 Å². The number of hydrogen-bond donors (Lipinski definition) is 0. The fourth-order valence-corrected chi connectivity index (χ4v) is 2.86. The lowest BCUT2D eigenvalue weighted by atomic mass is 10.2. The van der Waals surface area contributed by atoms with Crippen molar-refractivity contribution in [3.8, 4) is 11.9 Å². The molecule has 6 nitrogen and oxygen atoms in total. The second-order valence-corrected chi connectivity index (χ2v) is 6.20. The van der Waals surface area contributed by atoms with Crippen LogP contribution in [0.1, 0.15) is 11.1 Å². The first-order valence-electron chi connectivity index (χ1n) is 5.77. The Balaban J connectivity index is 2.33. The zero-order chi connectivity index (χ0) is 14.8. The zero-order valence-electron chi connectivity index (χ0n) is 11.1. The van der Waals surface area contributed by atoms with Crippen molar-refractivity contribution >= 4 is 9.84 Å². The van der Waals surface area contributed by atoms with E-state index in [0.717, 1.165) is 16.5 Å². The number of nitrogens with zero attached hydrogens (tertiary/aromatic N) is 3. The van der Waals surface area contributed by atoms with Crippen molar-refractivity contribution in [2.24, 2.45) is 7.05 Å². The second-order valence-electron chi connectivity index (χ2n) is 4.27. The van der Waals surface area contributed by atoms with E-state index < -0.39 is 9.84 Å². The molecule has 2 aromatic rings. The molecule has 0 saturated carbocycles. The molecule has 104 valence electrons. The summed E-state index contributed by atoms with van der Waals surface area (Å²) in [4.78, 5) is 0. The molecule has 7 heteroatoms. The molecule has 0 aliphatic carbocycles. The maximum absolute atomic E-state index is 11.7. The predicted molar refractivity (Wildman–Crippen MR) is 71.8 cm³/mol. The van der Waals surface area contributed by atoms with Crippen LogP contribution in [-0.4, -0.2) is 24.5 Å². The van der Waals surface area contributed by atoms with Crippen LogP contribution in [0.15, 0.2) is 35.4 Å². The molecule has 0 unspecified atom stereocenters. The normalized spacial score (nSPS) is 11.1. The maximum Gasteiger partial charge on any atom is 0.252 e. The first kappa shape index (κ1) is 14.1. The van der Waals surface area contributed by atoms with Crippen LogP contribution in [0.25, 0.3) is 0 Å². The van der Waals surface area contributed by atoms with E-state index in [4.69, 9.17) is 10.00 Å². The highest BCUT2D eigenvalue weighted by Crippen LogP contribution is 2.24. The Morgan fingerprint density at radius 3 is 2.55 bits per heavy atom. The van der Waals surface area contributed by atoms with Gasteiger partial charge in [-0.25, -0.2) is 8.42 Å². The SMILES string of the molecule is Cn1nc(OCc2ccccc2)c(C#N)c1S(C)(=O)=O. The van der Waals surface area contributed by atoms with Gasteiger partial charge in [0.25, 0.3) is 5.88 Å². The van der Waals surface area contributed by atoms with Gasteiger partial charge in [0, 0.05) is 13.3 Å². The highest BCUT2D eigenvalue weighted by Gasteiger charge is 2.24. The Morgan fingerprint density at radius 1 is 1.35 bits per heavy atom. The van der Waals surface area contributed by atoms with E-state index in [2.05, 4.69) is 5.10 Å². The summed E-state index contributed by atoms with van der Waals surface area (Å²) in [5, 5.41) is 12.9. The minimum Gasteiger partial charge on any atom is -0.471 e. The van der Waals surface area contributed by atoms with E-state index in [1.165, 1.54) is 7.05 Å². The molecule has 0 spiro atoms. The number of benzene rings is 1. The van der Waals surface area contributed by atoms with Crippen LogP contribution in [0.2, 0.25) is 0 Å². The summed E-state index contributed by atoms with van der Waals surface area (Å²) in [5.74, 6) is 0.0271. The number of aromatic nitrogens is 2. The Hall–Kier alpha value is -2.33. The van der Waals surface area contributed by atoms with Gasteiger partial charge in [-0.05, 0) is 5.56 Å². The van der Waals surface area contributed by atoms with Crippen molar-refractivity contribution < 1.29 is 13.2 Å². The summed E-state index contributed by atoms with van der Waals surface area (Å²) in [7, 11) is -2.08. The highest BCUT2D eigenvalue weighted by atomic mass is 32.2. The van der Waals surface area contributed by atoms with Crippen molar-refractivity contribution in [2.45, 2.75) is 11.6 Å². The van der Waals surface area contributed by atoms with Gasteiger partial charge in [0.2, 0.25) is 0 Å². The standard InChI is InChI=1S/C13H13N3O3S/c1-16-13(20(2,17)18)11(8-14)12(15-16)19-9-10-6-4-3-5-7-10/h3-7H,9H2,1-2H3. The van der Waals surface area contributed by atoms with Gasteiger partial charge in [0.05, 0.1) is 0 Å². The number of nitriles is 1. The largest absolute Gasteiger partial charge is 0.471 e. The fraction of sp³-hybridized carbons (Fsp3) is 0.231. The third kappa shape index (κ3) is 2.81. The molecule has 0 amide bonds. The molecule has 0 N–H and O–H groups in total. The maximum atomic E-state index is 11.7. The first-order valence-corrected chi connectivity index (χ1v) is 7.66. The molecule has 0 atom stereocenters. The van der Waals surface area contributed by atoms with Crippen molar-refractivity contribution in [2.75, 3.05) is 6.26 Å². The summed E-state index contributed by atoms with van der Waals surface area (Å²) < 4.78 is 29.9. The Morgan fingerprint density at radius 2 is 2.00 bits per heavy atom. The average molecular weight is 291 g/mol. The Bertz CT molecular complexity index is 758. The number of sulfone groups is 1. The van der Waals surface area contributed by atoms with E-state index in [1.54, 1.807) is 0 Å². The van der Waals surface area contributed by atoms with E-state index in [1.807, 2.05) is 36.4 Å². The lowest BCUT2D eigenvalue weighted by Gasteiger charge is -2.02. The van der Waals surface area contributed by atoms with Crippen molar-refractivity contribution in [1.82, 2.24) is 9.78 Å². The van der Waals surface area contributed by atoms with Crippen LogP contribution in [0.4, 0.5) is 0 Å². The van der Waals surface area contributed by atoms with Gasteiger partial charge in [0.15, 0.2) is 20.4 Å². The Labute approximate surface area is 117 Å². The third-order valence-corrected chi connectivity index (χ3v) is 3.81. The van der Waals surface area contributed by atoms with Gasteiger partial charge in [-0.15, -0.1) is 5.10 Å². The van der Waals surface area contributed by atoms with Gasteiger partial charge in [-0.3, -0.25) is 4.68 Å². The molecule has 0 bridgehead atoms. The molecule has 0 aliphatic rings. The van der Waals surface area contributed by atoms with Gasteiger partial charge >= 0.3 is 0 Å². The van der Waals surface area contributed by atoms with Gasteiger partial charge in [-0.1, -0.05) is 30.3 Å². The summed E-state index contributed by atoms with van der Waals surface area (Å²) in [5.41, 5.74) is 0.842. The molecule has 0 fully saturated rings. The number of hydrogen-bond acceptors (Lipinski definition) is 5. The van der Waals surface area contributed by atoms with E-state index >= 15 is 0 Å². The van der Waals surface area contributed by atoms with E-state index in [0.29, 0.717) is 0 Å². The molecular formula is C13H13N3O3S. The minimum atomic E-state index is -3.54. The lowest BCUT2D eigenvalue weighted by Crippen LogP contribution is -2.06. The van der Waals surface area contributed by atoms with Crippen molar-refractivity contribution in [3.05, 3.63) is 41.5 Å². The topological polar surface area (TPSA) is 85.0 Å². The van der Waals surface area contributed by atoms with Crippen LogP contribution >= 0.6 is 0 Å². The van der Waals surface area contributed by atoms with Crippen LogP contribution < -0.4 is 4.74 Å². The summed E-state index contributed by atoms with van der Waals surface area (Å²) in [6.07, 6.45) is 1.03. The van der Waals surface area contributed by atoms with Gasteiger partial charge in [0.1, 0.15) is 12.7 Å². The fourth-order valence-electron chi connectivity index (χ4n) is 1.83. The number of aryl methyl sites for hydroxylation is 1. The molecule has 1 heterocycles. The van der Waals surface area contributed by atoms with Crippen LogP contribution in [0.3, 0.4) is 0 Å². The monoisotopic (exact) mass is 291 g/mol. The zero-order valence-corrected chi connectivity index (χ0v) is 11.9. The highest BCUT2D eigenvalue weighted by molar-refractivity contribution is 7.90. The van der Waals surface area contributed by atoms with Crippen LogP contribution in [-0.2, 0) is 23.5 Å². The molecule has 1 aromatic heterocycles. The lowest BCUT2D eigenvalue weighted by molar-refractivity contribution is 0.290. The first-order chi connectivity index (χ1) is 9.43. The quantitative estimate of drug-likeness (QED) is 0.847. The molecule has 20 heavy (non-hydrogen) atoms. The summed E-state index contributed by atoms with van der Waals surface area (Å²) >= 11 is 0. The molecular weight excluding hydrogens is 278 g/mol. The van der Waals surface area contributed by atoms with E-state index in [9.17, 15) is 8.42 Å². The molecule has 0 saturated heterocycles.